The summed E-state index contributed by atoms with van der Waals surface area (Å²) in [6.07, 6.45) is -1.41. The Balaban J connectivity index is 2.41. The van der Waals surface area contributed by atoms with Crippen LogP contribution in [0.2, 0.25) is 0 Å². The van der Waals surface area contributed by atoms with Gasteiger partial charge in [0.1, 0.15) is 0 Å². The van der Waals surface area contributed by atoms with E-state index in [4.69, 9.17) is 5.26 Å². The smallest absolute Gasteiger partial charge is 0.176 e. The molecule has 0 amide bonds. The van der Waals surface area contributed by atoms with E-state index < -0.39 is 6.10 Å². The highest BCUT2D eigenvalue weighted by molar-refractivity contribution is 6.03. The Kier molecular flexibility index (Phi) is 2.84. The highest BCUT2D eigenvalue weighted by Crippen LogP contribution is 2.45. The van der Waals surface area contributed by atoms with Gasteiger partial charge < -0.3 is 5.11 Å². The first-order valence-electron chi connectivity index (χ1n) is 6.19. The number of aliphatic hydroxyl groups excluding tert-OH is 1. The van der Waals surface area contributed by atoms with Gasteiger partial charge in [-0.15, -0.1) is 0 Å². The van der Waals surface area contributed by atoms with E-state index in [0.29, 0.717) is 5.57 Å². The lowest BCUT2D eigenvalue weighted by molar-refractivity contribution is 0.271. The molecule has 3 rings (SSSR count). The van der Waals surface area contributed by atoms with Crippen molar-refractivity contribution in [2.45, 2.75) is 6.10 Å². The zero-order chi connectivity index (χ0) is 14.1. The molecule has 0 saturated heterocycles. The van der Waals surface area contributed by atoms with E-state index >= 15 is 0 Å². The number of nitriles is 2. The zero-order valence-electron chi connectivity index (χ0n) is 10.5. The molecule has 3 nitrogen and oxygen atoms in total. The molecule has 2 aromatic rings. The highest BCUT2D eigenvalue weighted by atomic mass is 16.3. The van der Waals surface area contributed by atoms with Crippen molar-refractivity contribution in [1.82, 2.24) is 0 Å². The van der Waals surface area contributed by atoms with Crippen LogP contribution in [-0.4, -0.2) is 11.2 Å². The van der Waals surface area contributed by atoms with Crippen LogP contribution in [0.25, 0.3) is 16.7 Å². The number of benzene rings is 2. The second-order valence-corrected chi connectivity index (χ2v) is 4.52. The average molecular weight is 258 g/mol. The molecule has 20 heavy (non-hydrogen) atoms. The number of hydrogen-bond acceptors (Lipinski definition) is 3. The molecule has 1 N–H and O–H groups in total. The summed E-state index contributed by atoms with van der Waals surface area (Å²) in [5.41, 5.74) is 4.59. The second kappa shape index (κ2) is 4.66. The van der Waals surface area contributed by atoms with Gasteiger partial charge in [0.15, 0.2) is 6.10 Å². The zero-order valence-corrected chi connectivity index (χ0v) is 10.5. The van der Waals surface area contributed by atoms with Gasteiger partial charge in [-0.05, 0) is 22.3 Å². The number of hydrogen-bond donors (Lipinski definition) is 1. The molecule has 0 heterocycles. The van der Waals surface area contributed by atoms with Gasteiger partial charge in [-0.3, -0.25) is 0 Å². The lowest BCUT2D eigenvalue weighted by atomic mass is 9.96. The Morgan fingerprint density at radius 2 is 1.30 bits per heavy atom. The summed E-state index contributed by atoms with van der Waals surface area (Å²) in [4.78, 5) is 0. The van der Waals surface area contributed by atoms with Crippen LogP contribution in [0.4, 0.5) is 0 Å². The van der Waals surface area contributed by atoms with E-state index in [1.54, 1.807) is 6.07 Å². The van der Waals surface area contributed by atoms with Gasteiger partial charge in [-0.25, -0.2) is 0 Å². The minimum absolute atomic E-state index is 0.102. The Morgan fingerprint density at radius 1 is 0.850 bits per heavy atom. The van der Waals surface area contributed by atoms with E-state index in [9.17, 15) is 10.4 Å². The van der Waals surface area contributed by atoms with Crippen LogP contribution in [0.1, 0.15) is 11.1 Å². The molecule has 0 radical (unpaired) electrons. The normalized spacial score (nSPS) is 12.8. The van der Waals surface area contributed by atoms with Crippen molar-refractivity contribution in [3.63, 3.8) is 0 Å². The first kappa shape index (κ1) is 12.2. The molecule has 94 valence electrons. The van der Waals surface area contributed by atoms with Gasteiger partial charge in [0.05, 0.1) is 17.7 Å². The number of aliphatic hydroxyl groups is 1. The third-order valence-corrected chi connectivity index (χ3v) is 3.47. The van der Waals surface area contributed by atoms with E-state index in [2.05, 4.69) is 0 Å². The third-order valence-electron chi connectivity index (χ3n) is 3.47. The third kappa shape index (κ3) is 1.62. The van der Waals surface area contributed by atoms with Gasteiger partial charge in [0.2, 0.25) is 0 Å². The average Bonchev–Trinajstić information content (AvgIpc) is 2.83. The van der Waals surface area contributed by atoms with Crippen LogP contribution < -0.4 is 0 Å². The lowest BCUT2D eigenvalue weighted by Gasteiger charge is -2.07. The molecular formula is C17H10N2O. The molecule has 3 heteroatoms. The van der Waals surface area contributed by atoms with Crippen molar-refractivity contribution >= 4 is 5.57 Å². The fourth-order valence-corrected chi connectivity index (χ4v) is 2.63. The summed E-state index contributed by atoms with van der Waals surface area (Å²) in [5, 5.41) is 28.0. The van der Waals surface area contributed by atoms with E-state index in [-0.39, 0.29) is 5.57 Å². The van der Waals surface area contributed by atoms with Crippen LogP contribution in [0.3, 0.4) is 0 Å². The van der Waals surface area contributed by atoms with Crippen LogP contribution in [0.5, 0.6) is 0 Å². The van der Waals surface area contributed by atoms with E-state index in [1.165, 1.54) is 0 Å². The quantitative estimate of drug-likeness (QED) is 0.539. The number of fused-ring (bicyclic) bond motifs is 3. The summed E-state index contributed by atoms with van der Waals surface area (Å²) in [7, 11) is 0. The fourth-order valence-electron chi connectivity index (χ4n) is 2.63. The molecule has 0 bridgehead atoms. The van der Waals surface area contributed by atoms with Crippen LogP contribution in [0.15, 0.2) is 54.1 Å². The summed E-state index contributed by atoms with van der Waals surface area (Å²) in [6.45, 7) is 0. The molecular weight excluding hydrogens is 248 g/mol. The van der Waals surface area contributed by atoms with Crippen LogP contribution in [-0.2, 0) is 0 Å². The molecule has 0 aliphatic heterocycles. The van der Waals surface area contributed by atoms with E-state index in [0.717, 1.165) is 22.3 Å². The standard InChI is InChI=1S/C17H10N2O/c18-9-15(16(20)10-19)17-13-7-3-1-5-11(13)12-6-2-4-8-14(12)17/h1-8,16,20H. The SMILES string of the molecule is N#CC(=C1c2ccccc2-c2ccccc21)C(O)C#N. The Hall–Kier alpha value is -2.88. The molecule has 2 aromatic carbocycles. The van der Waals surface area contributed by atoms with Gasteiger partial charge in [-0.2, -0.15) is 10.5 Å². The maximum Gasteiger partial charge on any atom is 0.176 e. The van der Waals surface area contributed by atoms with Gasteiger partial charge in [0, 0.05) is 5.57 Å². The van der Waals surface area contributed by atoms with Crippen molar-refractivity contribution in [2.75, 3.05) is 0 Å². The summed E-state index contributed by atoms with van der Waals surface area (Å²) in [5.74, 6) is 0. The maximum absolute atomic E-state index is 9.79. The Morgan fingerprint density at radius 3 is 1.70 bits per heavy atom. The topological polar surface area (TPSA) is 67.8 Å². The van der Waals surface area contributed by atoms with E-state index in [1.807, 2.05) is 54.6 Å². The van der Waals surface area contributed by atoms with Crippen molar-refractivity contribution in [2.24, 2.45) is 0 Å². The molecule has 0 fully saturated rings. The van der Waals surface area contributed by atoms with Gasteiger partial charge in [0.25, 0.3) is 0 Å². The molecule has 1 aliphatic rings. The summed E-state index contributed by atoms with van der Waals surface area (Å²) < 4.78 is 0. The van der Waals surface area contributed by atoms with Crippen LogP contribution in [0, 0.1) is 22.7 Å². The molecule has 0 aromatic heterocycles. The second-order valence-electron chi connectivity index (χ2n) is 4.52. The Labute approximate surface area is 116 Å². The predicted octanol–water partition coefficient (Wildman–Crippen LogP) is 2.88. The Bertz CT molecular complexity index is 759. The first-order valence-corrected chi connectivity index (χ1v) is 6.19. The highest BCUT2D eigenvalue weighted by Gasteiger charge is 2.27. The molecule has 0 spiro atoms. The van der Waals surface area contributed by atoms with Crippen molar-refractivity contribution in [3.8, 4) is 23.3 Å². The maximum atomic E-state index is 9.79. The molecule has 1 aliphatic carbocycles. The monoisotopic (exact) mass is 258 g/mol. The molecule has 1 atom stereocenters. The molecule has 0 saturated carbocycles. The summed E-state index contributed by atoms with van der Waals surface area (Å²) >= 11 is 0. The number of rotatable bonds is 1. The molecule has 1 unspecified atom stereocenters. The van der Waals surface area contributed by atoms with Crippen molar-refractivity contribution in [3.05, 3.63) is 65.2 Å². The fraction of sp³-hybridized carbons (Fsp3) is 0.0588. The first-order chi connectivity index (χ1) is 9.77. The predicted molar refractivity (Wildman–Crippen MR) is 75.1 cm³/mol. The lowest BCUT2D eigenvalue weighted by Crippen LogP contribution is -2.08. The van der Waals surface area contributed by atoms with Gasteiger partial charge >= 0.3 is 0 Å². The minimum atomic E-state index is -1.41. The van der Waals surface area contributed by atoms with Crippen molar-refractivity contribution in [1.29, 1.82) is 10.5 Å². The van der Waals surface area contributed by atoms with Gasteiger partial charge in [-0.1, -0.05) is 48.5 Å². The van der Waals surface area contributed by atoms with Crippen molar-refractivity contribution < 1.29 is 5.11 Å². The van der Waals surface area contributed by atoms with Crippen LogP contribution >= 0.6 is 0 Å². The number of nitrogens with zero attached hydrogens (tertiary/aromatic N) is 2. The summed E-state index contributed by atoms with van der Waals surface area (Å²) in [6, 6.07) is 19.1. The minimum Gasteiger partial charge on any atom is -0.373 e. The largest absolute Gasteiger partial charge is 0.373 e.